The van der Waals surface area contributed by atoms with Gasteiger partial charge >= 0.3 is 0 Å². The Kier molecular flexibility index (Phi) is 3.22. The third-order valence-corrected chi connectivity index (χ3v) is 2.52. The van der Waals surface area contributed by atoms with Crippen LogP contribution in [-0.2, 0) is 9.53 Å². The molecule has 0 N–H and O–H groups in total. The van der Waals surface area contributed by atoms with Crippen molar-refractivity contribution in [3.8, 4) is 0 Å². The van der Waals surface area contributed by atoms with E-state index < -0.39 is 0 Å². The molecule has 58 valence electrons. The van der Waals surface area contributed by atoms with Gasteiger partial charge in [-0.3, -0.25) is 4.79 Å². The van der Waals surface area contributed by atoms with Crippen LogP contribution in [0.3, 0.4) is 0 Å². The van der Waals surface area contributed by atoms with Crippen LogP contribution >= 0.6 is 11.8 Å². The van der Waals surface area contributed by atoms with E-state index in [-0.39, 0.29) is 11.9 Å². The third kappa shape index (κ3) is 1.99. The van der Waals surface area contributed by atoms with Gasteiger partial charge in [-0.05, 0) is 0 Å². The fourth-order valence-corrected chi connectivity index (χ4v) is 1.78. The maximum Gasteiger partial charge on any atom is 0.162 e. The molecule has 0 aromatic rings. The number of rotatable bonds is 2. The molecule has 1 rings (SSSR count). The number of thioether (sulfide) groups is 1. The molecule has 1 aliphatic rings. The van der Waals surface area contributed by atoms with Gasteiger partial charge in [-0.25, -0.2) is 0 Å². The number of Topliss-reactive ketones (excluding diaryl/α,β-unsaturated/α-hetero) is 1. The number of hydrogen-bond donors (Lipinski definition) is 0. The standard InChI is InChI=1S/C7H12O2S/c1-2-6(8)7-5-10-4-3-9-7/h7H,2-5H2,1H3. The minimum absolute atomic E-state index is 0.108. The highest BCUT2D eigenvalue weighted by molar-refractivity contribution is 7.99. The molecule has 2 nitrogen and oxygen atoms in total. The normalized spacial score (nSPS) is 26.3. The van der Waals surface area contributed by atoms with Crippen molar-refractivity contribution >= 4 is 17.5 Å². The Hall–Kier alpha value is -0.0200. The molecule has 0 radical (unpaired) electrons. The molecule has 1 fully saturated rings. The summed E-state index contributed by atoms with van der Waals surface area (Å²) in [6, 6.07) is 0. The lowest BCUT2D eigenvalue weighted by Gasteiger charge is -2.20. The first-order valence-corrected chi connectivity index (χ1v) is 4.72. The monoisotopic (exact) mass is 160 g/mol. The van der Waals surface area contributed by atoms with E-state index >= 15 is 0 Å². The fraction of sp³-hybridized carbons (Fsp3) is 0.857. The van der Waals surface area contributed by atoms with Crippen molar-refractivity contribution in [3.05, 3.63) is 0 Å². The van der Waals surface area contributed by atoms with E-state index in [9.17, 15) is 4.79 Å². The van der Waals surface area contributed by atoms with Gasteiger partial charge in [0.15, 0.2) is 5.78 Å². The summed E-state index contributed by atoms with van der Waals surface area (Å²) in [6.07, 6.45) is 0.495. The second-order valence-electron chi connectivity index (χ2n) is 2.25. The quantitative estimate of drug-likeness (QED) is 0.605. The summed E-state index contributed by atoms with van der Waals surface area (Å²) in [5.41, 5.74) is 0. The Morgan fingerprint density at radius 2 is 2.60 bits per heavy atom. The average Bonchev–Trinajstić information content (AvgIpc) is 2.05. The highest BCUT2D eigenvalue weighted by Gasteiger charge is 2.19. The Balaban J connectivity index is 2.31. The number of hydrogen-bond acceptors (Lipinski definition) is 3. The Morgan fingerprint density at radius 3 is 3.10 bits per heavy atom. The first kappa shape index (κ1) is 8.08. The number of carbonyl (C=O) groups excluding carboxylic acids is 1. The van der Waals surface area contributed by atoms with Crippen LogP contribution in [0.4, 0.5) is 0 Å². The molecule has 0 spiro atoms. The third-order valence-electron chi connectivity index (χ3n) is 1.52. The van der Waals surface area contributed by atoms with E-state index in [1.807, 2.05) is 6.92 Å². The summed E-state index contributed by atoms with van der Waals surface area (Å²) in [5, 5.41) is 0. The van der Waals surface area contributed by atoms with Gasteiger partial charge < -0.3 is 4.74 Å². The Labute approximate surface area is 65.3 Å². The second-order valence-corrected chi connectivity index (χ2v) is 3.40. The highest BCUT2D eigenvalue weighted by atomic mass is 32.2. The van der Waals surface area contributed by atoms with E-state index in [4.69, 9.17) is 4.74 Å². The molecule has 1 aliphatic heterocycles. The molecule has 0 saturated carbocycles. The molecule has 3 heteroatoms. The van der Waals surface area contributed by atoms with Gasteiger partial charge in [-0.15, -0.1) is 0 Å². The van der Waals surface area contributed by atoms with Crippen molar-refractivity contribution < 1.29 is 9.53 Å². The summed E-state index contributed by atoms with van der Waals surface area (Å²) in [6.45, 7) is 2.62. The van der Waals surface area contributed by atoms with Gasteiger partial charge in [0.05, 0.1) is 6.61 Å². The summed E-state index contributed by atoms with van der Waals surface area (Å²) in [4.78, 5) is 11.0. The fourth-order valence-electron chi connectivity index (χ4n) is 0.901. The van der Waals surface area contributed by atoms with Crippen molar-refractivity contribution in [2.24, 2.45) is 0 Å². The zero-order valence-corrected chi connectivity index (χ0v) is 6.95. The molecule has 10 heavy (non-hydrogen) atoms. The van der Waals surface area contributed by atoms with Crippen LogP contribution in [0.5, 0.6) is 0 Å². The molecule has 0 aromatic carbocycles. The van der Waals surface area contributed by atoms with Gasteiger partial charge in [0, 0.05) is 17.9 Å². The number of carbonyl (C=O) groups is 1. The van der Waals surface area contributed by atoms with Crippen LogP contribution in [0, 0.1) is 0 Å². The SMILES string of the molecule is CCC(=O)C1CSCCO1. The van der Waals surface area contributed by atoms with Gasteiger partial charge in [0.25, 0.3) is 0 Å². The molecule has 1 atom stereocenters. The van der Waals surface area contributed by atoms with E-state index in [0.29, 0.717) is 6.42 Å². The number of ether oxygens (including phenoxy) is 1. The summed E-state index contributed by atoms with van der Waals surface area (Å²) in [7, 11) is 0. The summed E-state index contributed by atoms with van der Waals surface area (Å²) < 4.78 is 5.26. The van der Waals surface area contributed by atoms with E-state index in [1.54, 1.807) is 11.8 Å². The zero-order valence-electron chi connectivity index (χ0n) is 6.13. The predicted octanol–water partition coefficient (Wildman–Crippen LogP) is 1.10. The predicted molar refractivity (Wildman–Crippen MR) is 42.4 cm³/mol. The van der Waals surface area contributed by atoms with E-state index in [1.165, 1.54) is 0 Å². The zero-order chi connectivity index (χ0) is 7.40. The maximum atomic E-state index is 11.0. The van der Waals surface area contributed by atoms with E-state index in [0.717, 1.165) is 18.1 Å². The first-order valence-electron chi connectivity index (χ1n) is 3.56. The van der Waals surface area contributed by atoms with Gasteiger partial charge in [-0.2, -0.15) is 11.8 Å². The molecule has 1 unspecified atom stereocenters. The van der Waals surface area contributed by atoms with Gasteiger partial charge in [0.1, 0.15) is 6.10 Å². The smallest absolute Gasteiger partial charge is 0.162 e. The summed E-state index contributed by atoms with van der Waals surface area (Å²) >= 11 is 1.80. The Bertz CT molecular complexity index is 119. The molecular formula is C7H12O2S. The molecule has 1 heterocycles. The molecule has 0 aromatic heterocycles. The first-order chi connectivity index (χ1) is 4.84. The lowest BCUT2D eigenvalue weighted by atomic mass is 10.2. The second kappa shape index (κ2) is 3.98. The molecule has 0 bridgehead atoms. The molecule has 1 saturated heterocycles. The summed E-state index contributed by atoms with van der Waals surface area (Å²) in [5.74, 6) is 2.13. The van der Waals surface area contributed by atoms with Crippen LogP contribution in [0.25, 0.3) is 0 Å². The van der Waals surface area contributed by atoms with Crippen LogP contribution in [0.1, 0.15) is 13.3 Å². The lowest BCUT2D eigenvalue weighted by Crippen LogP contribution is -2.30. The van der Waals surface area contributed by atoms with Gasteiger partial charge in [0.2, 0.25) is 0 Å². The maximum absolute atomic E-state index is 11.0. The minimum atomic E-state index is -0.108. The van der Waals surface area contributed by atoms with Gasteiger partial charge in [-0.1, -0.05) is 6.92 Å². The topological polar surface area (TPSA) is 26.3 Å². The van der Waals surface area contributed by atoms with Crippen LogP contribution in [0.15, 0.2) is 0 Å². The van der Waals surface area contributed by atoms with Crippen molar-refractivity contribution in [2.45, 2.75) is 19.4 Å². The number of ketones is 1. The Morgan fingerprint density at radius 1 is 1.80 bits per heavy atom. The van der Waals surface area contributed by atoms with Crippen molar-refractivity contribution in [1.29, 1.82) is 0 Å². The highest BCUT2D eigenvalue weighted by Crippen LogP contribution is 2.13. The van der Waals surface area contributed by atoms with E-state index in [2.05, 4.69) is 0 Å². The van der Waals surface area contributed by atoms with Crippen molar-refractivity contribution in [3.63, 3.8) is 0 Å². The molecular weight excluding hydrogens is 148 g/mol. The van der Waals surface area contributed by atoms with Crippen molar-refractivity contribution in [2.75, 3.05) is 18.1 Å². The minimum Gasteiger partial charge on any atom is -0.369 e. The molecule has 0 aliphatic carbocycles. The van der Waals surface area contributed by atoms with Crippen molar-refractivity contribution in [1.82, 2.24) is 0 Å². The van der Waals surface area contributed by atoms with Crippen LogP contribution in [-0.4, -0.2) is 30.0 Å². The lowest BCUT2D eigenvalue weighted by molar-refractivity contribution is -0.128. The average molecular weight is 160 g/mol. The largest absolute Gasteiger partial charge is 0.369 e. The van der Waals surface area contributed by atoms with Crippen LogP contribution < -0.4 is 0 Å². The molecule has 0 amide bonds. The van der Waals surface area contributed by atoms with Crippen LogP contribution in [0.2, 0.25) is 0 Å².